The number of halogens is 2. The van der Waals surface area contributed by atoms with Crippen molar-refractivity contribution in [2.24, 2.45) is 0 Å². The van der Waals surface area contributed by atoms with Gasteiger partial charge in [0.15, 0.2) is 5.82 Å². The topological polar surface area (TPSA) is 59.8 Å². The predicted molar refractivity (Wildman–Crippen MR) is 119 cm³/mol. The van der Waals surface area contributed by atoms with Crippen molar-refractivity contribution in [3.63, 3.8) is 0 Å². The lowest BCUT2D eigenvalue weighted by Gasteiger charge is -2.08. The molecule has 0 aliphatic heterocycles. The number of amides is 1. The molecular weight excluding hydrogens is 452 g/mol. The second kappa shape index (κ2) is 8.19. The summed E-state index contributed by atoms with van der Waals surface area (Å²) in [6.45, 7) is 1.99. The van der Waals surface area contributed by atoms with Gasteiger partial charge in [-0.25, -0.2) is 9.67 Å². The summed E-state index contributed by atoms with van der Waals surface area (Å²) in [6.07, 6.45) is 0. The first kappa shape index (κ1) is 19.4. The molecule has 4 rings (SSSR count). The van der Waals surface area contributed by atoms with Gasteiger partial charge in [0.1, 0.15) is 0 Å². The molecule has 1 aromatic heterocycles. The van der Waals surface area contributed by atoms with Crippen molar-refractivity contribution >= 4 is 39.1 Å². The molecule has 144 valence electrons. The number of rotatable bonds is 4. The van der Waals surface area contributed by atoms with Crippen LogP contribution in [-0.4, -0.2) is 20.7 Å². The van der Waals surface area contributed by atoms with Gasteiger partial charge < -0.3 is 5.32 Å². The normalized spacial score (nSPS) is 10.7. The third-order valence-electron chi connectivity index (χ3n) is 4.36. The molecule has 3 aromatic carbocycles. The van der Waals surface area contributed by atoms with Gasteiger partial charge in [-0.1, -0.05) is 45.7 Å². The predicted octanol–water partition coefficient (Wildman–Crippen LogP) is 5.91. The summed E-state index contributed by atoms with van der Waals surface area (Å²) in [6, 6.07) is 22.4. The molecule has 1 N–H and O–H groups in total. The third-order valence-corrected chi connectivity index (χ3v) is 5.14. The molecule has 0 atom stereocenters. The van der Waals surface area contributed by atoms with E-state index in [-0.39, 0.29) is 11.7 Å². The summed E-state index contributed by atoms with van der Waals surface area (Å²) in [5.41, 5.74) is 3.35. The number of benzene rings is 3. The number of hydrogen-bond donors (Lipinski definition) is 1. The molecular formula is C22H16BrClN4O. The number of carbonyl (C=O) groups is 1. The molecule has 0 saturated carbocycles. The number of hydrogen-bond acceptors (Lipinski definition) is 3. The van der Waals surface area contributed by atoms with E-state index in [9.17, 15) is 4.79 Å². The zero-order valence-electron chi connectivity index (χ0n) is 15.4. The van der Waals surface area contributed by atoms with Crippen molar-refractivity contribution in [1.82, 2.24) is 14.8 Å². The van der Waals surface area contributed by atoms with E-state index in [0.29, 0.717) is 16.5 Å². The monoisotopic (exact) mass is 466 g/mol. The van der Waals surface area contributed by atoms with Gasteiger partial charge in [0, 0.05) is 20.7 Å². The first-order valence-corrected chi connectivity index (χ1v) is 10.0. The summed E-state index contributed by atoms with van der Waals surface area (Å²) in [7, 11) is 0. The van der Waals surface area contributed by atoms with E-state index < -0.39 is 0 Å². The zero-order valence-corrected chi connectivity index (χ0v) is 17.8. The number of anilines is 1. The fraction of sp³-hybridized carbons (Fsp3) is 0.0455. The van der Waals surface area contributed by atoms with Gasteiger partial charge >= 0.3 is 0 Å². The molecule has 1 amide bonds. The first-order chi connectivity index (χ1) is 14.0. The van der Waals surface area contributed by atoms with Crippen molar-refractivity contribution in [1.29, 1.82) is 0 Å². The SMILES string of the molecule is Cc1ccccc1-n1nc(C(=O)Nc2ccc(Br)cc2)nc1-c1ccc(Cl)cc1. The molecule has 0 bridgehead atoms. The number of nitrogens with one attached hydrogen (secondary N) is 1. The van der Waals surface area contributed by atoms with Crippen LogP contribution >= 0.6 is 27.5 Å². The van der Waals surface area contributed by atoms with Gasteiger partial charge in [0.05, 0.1) is 5.69 Å². The third kappa shape index (κ3) is 4.23. The van der Waals surface area contributed by atoms with E-state index in [1.54, 1.807) is 28.9 Å². The van der Waals surface area contributed by atoms with E-state index >= 15 is 0 Å². The molecule has 5 nitrogen and oxygen atoms in total. The second-order valence-corrected chi connectivity index (χ2v) is 7.78. The maximum Gasteiger partial charge on any atom is 0.295 e. The Bertz CT molecular complexity index is 1170. The number of nitrogens with zero attached hydrogens (tertiary/aromatic N) is 3. The van der Waals surface area contributed by atoms with Crippen LogP contribution in [0.3, 0.4) is 0 Å². The maximum absolute atomic E-state index is 12.8. The average Bonchev–Trinajstić information content (AvgIpc) is 3.16. The lowest BCUT2D eigenvalue weighted by Crippen LogP contribution is -2.14. The lowest BCUT2D eigenvalue weighted by molar-refractivity contribution is 0.101. The highest BCUT2D eigenvalue weighted by Crippen LogP contribution is 2.25. The fourth-order valence-electron chi connectivity index (χ4n) is 2.88. The van der Waals surface area contributed by atoms with E-state index in [4.69, 9.17) is 11.6 Å². The molecule has 0 aliphatic rings. The summed E-state index contributed by atoms with van der Waals surface area (Å²) in [4.78, 5) is 17.3. The molecule has 0 saturated heterocycles. The quantitative estimate of drug-likeness (QED) is 0.406. The van der Waals surface area contributed by atoms with E-state index in [1.165, 1.54) is 0 Å². The Hall–Kier alpha value is -2.96. The highest BCUT2D eigenvalue weighted by molar-refractivity contribution is 9.10. The second-order valence-electron chi connectivity index (χ2n) is 6.43. The smallest absolute Gasteiger partial charge is 0.295 e. The van der Waals surface area contributed by atoms with Crippen LogP contribution in [0.5, 0.6) is 0 Å². The van der Waals surface area contributed by atoms with E-state index in [0.717, 1.165) is 21.3 Å². The Kier molecular flexibility index (Phi) is 5.47. The molecule has 0 unspecified atom stereocenters. The number of para-hydroxylation sites is 1. The molecule has 29 heavy (non-hydrogen) atoms. The Morgan fingerprint density at radius 2 is 1.69 bits per heavy atom. The Morgan fingerprint density at radius 3 is 2.38 bits per heavy atom. The van der Waals surface area contributed by atoms with Crippen LogP contribution in [-0.2, 0) is 0 Å². The van der Waals surface area contributed by atoms with Gasteiger partial charge in [0.25, 0.3) is 5.91 Å². The molecule has 0 spiro atoms. The van der Waals surface area contributed by atoms with Gasteiger partial charge in [-0.2, -0.15) is 0 Å². The van der Waals surface area contributed by atoms with E-state index in [1.807, 2.05) is 55.5 Å². The summed E-state index contributed by atoms with van der Waals surface area (Å²) >= 11 is 9.41. The standard InChI is InChI=1S/C22H16BrClN4O/c1-14-4-2-3-5-19(14)28-21(15-6-10-17(24)11-7-15)26-20(27-28)22(29)25-18-12-8-16(23)9-13-18/h2-13H,1H3,(H,25,29). The zero-order chi connectivity index (χ0) is 20.4. The minimum absolute atomic E-state index is 0.0844. The fourth-order valence-corrected chi connectivity index (χ4v) is 3.27. The highest BCUT2D eigenvalue weighted by atomic mass is 79.9. The Balaban J connectivity index is 1.76. The summed E-state index contributed by atoms with van der Waals surface area (Å²) < 4.78 is 2.62. The number of aryl methyl sites for hydroxylation is 1. The Morgan fingerprint density at radius 1 is 1.00 bits per heavy atom. The molecule has 1 heterocycles. The van der Waals surface area contributed by atoms with Gasteiger partial charge in [0.2, 0.25) is 5.82 Å². The van der Waals surface area contributed by atoms with Crippen molar-refractivity contribution in [3.8, 4) is 17.1 Å². The van der Waals surface area contributed by atoms with Gasteiger partial charge in [-0.15, -0.1) is 5.10 Å². The average molecular weight is 468 g/mol. The molecule has 0 aliphatic carbocycles. The molecule has 4 aromatic rings. The molecule has 7 heteroatoms. The van der Waals surface area contributed by atoms with Crippen LogP contribution < -0.4 is 5.32 Å². The molecule has 0 fully saturated rings. The minimum atomic E-state index is -0.380. The highest BCUT2D eigenvalue weighted by Gasteiger charge is 2.19. The maximum atomic E-state index is 12.8. The first-order valence-electron chi connectivity index (χ1n) is 8.87. The van der Waals surface area contributed by atoms with Gasteiger partial charge in [-0.05, 0) is 67.1 Å². The summed E-state index contributed by atoms with van der Waals surface area (Å²) in [5.74, 6) is 0.271. The number of carbonyl (C=O) groups excluding carboxylic acids is 1. The van der Waals surface area contributed by atoms with Crippen LogP contribution in [0.25, 0.3) is 17.1 Å². The van der Waals surface area contributed by atoms with Crippen LogP contribution in [0.15, 0.2) is 77.3 Å². The Labute approximate surface area is 181 Å². The van der Waals surface area contributed by atoms with Crippen molar-refractivity contribution in [3.05, 3.63) is 93.7 Å². The van der Waals surface area contributed by atoms with Crippen molar-refractivity contribution < 1.29 is 4.79 Å². The minimum Gasteiger partial charge on any atom is -0.319 e. The molecule has 0 radical (unpaired) electrons. The van der Waals surface area contributed by atoms with Crippen LogP contribution in [0.2, 0.25) is 5.02 Å². The van der Waals surface area contributed by atoms with Gasteiger partial charge in [-0.3, -0.25) is 4.79 Å². The summed E-state index contributed by atoms with van der Waals surface area (Å²) in [5, 5.41) is 7.97. The van der Waals surface area contributed by atoms with E-state index in [2.05, 4.69) is 31.3 Å². The van der Waals surface area contributed by atoms with Crippen LogP contribution in [0.4, 0.5) is 5.69 Å². The van der Waals surface area contributed by atoms with Crippen molar-refractivity contribution in [2.45, 2.75) is 6.92 Å². The van der Waals surface area contributed by atoms with Crippen LogP contribution in [0.1, 0.15) is 16.2 Å². The van der Waals surface area contributed by atoms with Crippen molar-refractivity contribution in [2.75, 3.05) is 5.32 Å². The lowest BCUT2D eigenvalue weighted by atomic mass is 10.2. The largest absolute Gasteiger partial charge is 0.319 e. The van der Waals surface area contributed by atoms with Crippen LogP contribution in [0, 0.1) is 6.92 Å². The number of aromatic nitrogens is 3.